The first-order chi connectivity index (χ1) is 4.77. The Morgan fingerprint density at radius 1 is 1.40 bits per heavy atom. The molecule has 0 aromatic carbocycles. The van der Waals surface area contributed by atoms with Crippen LogP contribution in [0.4, 0.5) is 0 Å². The topological polar surface area (TPSA) is 26.3 Å². The third-order valence-corrected chi connectivity index (χ3v) is 1.26. The van der Waals surface area contributed by atoms with E-state index in [0.29, 0.717) is 6.61 Å². The quantitative estimate of drug-likeness (QED) is 0.434. The molecule has 0 aliphatic carbocycles. The van der Waals surface area contributed by atoms with E-state index in [4.69, 9.17) is 0 Å². The van der Waals surface area contributed by atoms with E-state index in [9.17, 15) is 4.79 Å². The molecule has 0 fully saturated rings. The molecule has 1 radical (unpaired) electrons. The van der Waals surface area contributed by atoms with Gasteiger partial charge in [0.15, 0.2) is 0 Å². The van der Waals surface area contributed by atoms with Gasteiger partial charge in [0.2, 0.25) is 0 Å². The molecular formula is C8H15O2. The number of esters is 1. The molecule has 10 heavy (non-hydrogen) atoms. The Bertz CT molecular complexity index is 89.3. The molecule has 0 aliphatic heterocycles. The number of carbonyl (C=O) groups is 1. The molecule has 59 valence electrons. The Balaban J connectivity index is 2.84. The van der Waals surface area contributed by atoms with Crippen LogP contribution in [-0.2, 0) is 9.53 Å². The lowest BCUT2D eigenvalue weighted by atomic mass is 10.2. The van der Waals surface area contributed by atoms with Crippen molar-refractivity contribution < 1.29 is 9.53 Å². The third-order valence-electron chi connectivity index (χ3n) is 1.26. The van der Waals surface area contributed by atoms with Crippen molar-refractivity contribution in [3.05, 3.63) is 6.92 Å². The van der Waals surface area contributed by atoms with Crippen molar-refractivity contribution in [2.75, 3.05) is 6.61 Å². The average Bonchev–Trinajstić information content (AvgIpc) is 1.87. The van der Waals surface area contributed by atoms with E-state index in [1.807, 2.05) is 0 Å². The van der Waals surface area contributed by atoms with E-state index in [-0.39, 0.29) is 0 Å². The van der Waals surface area contributed by atoms with Crippen LogP contribution in [0.3, 0.4) is 0 Å². The first-order valence-corrected chi connectivity index (χ1v) is 3.76. The summed E-state index contributed by atoms with van der Waals surface area (Å²) in [4.78, 5) is 10.1. The van der Waals surface area contributed by atoms with E-state index in [0.717, 1.165) is 12.8 Å². The fourth-order valence-corrected chi connectivity index (χ4v) is 0.715. The van der Waals surface area contributed by atoms with Crippen LogP contribution in [0, 0.1) is 6.92 Å². The minimum Gasteiger partial charge on any atom is -0.466 e. The minimum atomic E-state index is -0.420. The molecular weight excluding hydrogens is 128 g/mol. The van der Waals surface area contributed by atoms with Gasteiger partial charge in [0.05, 0.1) is 13.5 Å². The van der Waals surface area contributed by atoms with Gasteiger partial charge >= 0.3 is 5.97 Å². The Hall–Kier alpha value is -0.530. The summed E-state index contributed by atoms with van der Waals surface area (Å²) in [7, 11) is 0. The Kier molecular flexibility index (Phi) is 6.24. The average molecular weight is 143 g/mol. The van der Waals surface area contributed by atoms with Gasteiger partial charge in [0.1, 0.15) is 0 Å². The monoisotopic (exact) mass is 143 g/mol. The molecule has 2 heteroatoms. The number of ether oxygens (including phenoxy) is 1. The first kappa shape index (κ1) is 9.47. The molecule has 0 aromatic heterocycles. The molecule has 0 bridgehead atoms. The summed E-state index contributed by atoms with van der Waals surface area (Å²) in [5, 5.41) is 0. The zero-order chi connectivity index (χ0) is 7.82. The van der Waals surface area contributed by atoms with Crippen molar-refractivity contribution in [3.8, 4) is 0 Å². The zero-order valence-corrected chi connectivity index (χ0v) is 6.56. The fraction of sp³-hybridized carbons (Fsp3) is 0.750. The predicted molar refractivity (Wildman–Crippen MR) is 40.5 cm³/mol. The molecule has 0 amide bonds. The number of hydrogen-bond acceptors (Lipinski definition) is 2. The molecule has 2 nitrogen and oxygen atoms in total. The van der Waals surface area contributed by atoms with Gasteiger partial charge in [-0.25, -0.2) is 0 Å². The van der Waals surface area contributed by atoms with Crippen molar-refractivity contribution in [3.63, 3.8) is 0 Å². The smallest absolute Gasteiger partial charge is 0.306 e. The van der Waals surface area contributed by atoms with Gasteiger partial charge < -0.3 is 4.74 Å². The summed E-state index contributed by atoms with van der Waals surface area (Å²) in [5.41, 5.74) is 0. The van der Waals surface area contributed by atoms with Gasteiger partial charge in [-0.1, -0.05) is 26.2 Å². The van der Waals surface area contributed by atoms with Crippen molar-refractivity contribution in [1.82, 2.24) is 0 Å². The SMILES string of the molecule is [CH2]C(=O)OCCCCCC. The van der Waals surface area contributed by atoms with Crippen LogP contribution < -0.4 is 0 Å². The molecule has 0 saturated carbocycles. The lowest BCUT2D eigenvalue weighted by molar-refractivity contribution is -0.138. The second-order valence-corrected chi connectivity index (χ2v) is 2.28. The van der Waals surface area contributed by atoms with Gasteiger partial charge in [0, 0.05) is 0 Å². The lowest BCUT2D eigenvalue weighted by Gasteiger charge is -1.99. The molecule has 0 aromatic rings. The highest BCUT2D eigenvalue weighted by atomic mass is 16.5. The van der Waals surface area contributed by atoms with Gasteiger partial charge in [-0.2, -0.15) is 0 Å². The van der Waals surface area contributed by atoms with Crippen molar-refractivity contribution in [2.24, 2.45) is 0 Å². The Morgan fingerprint density at radius 2 is 2.10 bits per heavy atom. The highest BCUT2D eigenvalue weighted by molar-refractivity contribution is 5.73. The van der Waals surface area contributed by atoms with Crippen LogP contribution in [0.5, 0.6) is 0 Å². The summed E-state index contributed by atoms with van der Waals surface area (Å²) in [5.74, 6) is -0.420. The molecule has 0 spiro atoms. The Morgan fingerprint density at radius 3 is 2.60 bits per heavy atom. The maximum absolute atomic E-state index is 10.1. The van der Waals surface area contributed by atoms with E-state index >= 15 is 0 Å². The minimum absolute atomic E-state index is 0.420. The lowest BCUT2D eigenvalue weighted by Crippen LogP contribution is -2.00. The normalized spacial score (nSPS) is 9.40. The van der Waals surface area contributed by atoms with E-state index in [2.05, 4.69) is 18.6 Å². The van der Waals surface area contributed by atoms with Crippen LogP contribution in [0.25, 0.3) is 0 Å². The van der Waals surface area contributed by atoms with Crippen molar-refractivity contribution in [2.45, 2.75) is 32.6 Å². The predicted octanol–water partition coefficient (Wildman–Crippen LogP) is 1.94. The molecule has 0 atom stereocenters. The highest BCUT2D eigenvalue weighted by Crippen LogP contribution is 1.98. The van der Waals surface area contributed by atoms with Crippen LogP contribution in [0.2, 0.25) is 0 Å². The van der Waals surface area contributed by atoms with Crippen LogP contribution in [0.15, 0.2) is 0 Å². The third kappa shape index (κ3) is 7.47. The van der Waals surface area contributed by atoms with Crippen LogP contribution in [0.1, 0.15) is 32.6 Å². The summed E-state index contributed by atoms with van der Waals surface area (Å²) in [6, 6.07) is 0. The standard InChI is InChI=1S/C8H15O2/c1-3-4-5-6-7-10-8(2)9/h2-7H2,1H3. The van der Waals surface area contributed by atoms with E-state index in [1.54, 1.807) is 0 Å². The van der Waals surface area contributed by atoms with Gasteiger partial charge in [-0.3, -0.25) is 4.79 Å². The first-order valence-electron chi connectivity index (χ1n) is 3.76. The maximum Gasteiger partial charge on any atom is 0.306 e. The highest BCUT2D eigenvalue weighted by Gasteiger charge is 1.91. The Labute approximate surface area is 62.6 Å². The number of carbonyl (C=O) groups excluding carboxylic acids is 1. The second kappa shape index (κ2) is 6.59. The van der Waals surface area contributed by atoms with Crippen LogP contribution >= 0.6 is 0 Å². The summed E-state index contributed by atoms with van der Waals surface area (Å²) < 4.78 is 4.64. The number of hydrogen-bond donors (Lipinski definition) is 0. The van der Waals surface area contributed by atoms with Gasteiger partial charge in [0.25, 0.3) is 0 Å². The second-order valence-electron chi connectivity index (χ2n) is 2.28. The van der Waals surface area contributed by atoms with Crippen molar-refractivity contribution in [1.29, 1.82) is 0 Å². The molecule has 0 N–H and O–H groups in total. The molecule has 0 rings (SSSR count). The molecule has 0 aliphatic rings. The summed E-state index contributed by atoms with van der Waals surface area (Å²) in [6.45, 7) is 5.77. The molecule has 0 heterocycles. The van der Waals surface area contributed by atoms with E-state index < -0.39 is 5.97 Å². The fourth-order valence-electron chi connectivity index (χ4n) is 0.715. The van der Waals surface area contributed by atoms with E-state index in [1.165, 1.54) is 12.8 Å². The number of rotatable bonds is 5. The molecule has 0 saturated heterocycles. The molecule has 0 unspecified atom stereocenters. The van der Waals surface area contributed by atoms with Gasteiger partial charge in [-0.05, 0) is 6.42 Å². The summed E-state index contributed by atoms with van der Waals surface area (Å²) >= 11 is 0. The van der Waals surface area contributed by atoms with Crippen LogP contribution in [-0.4, -0.2) is 12.6 Å². The summed E-state index contributed by atoms with van der Waals surface area (Å²) in [6.07, 6.45) is 4.53. The maximum atomic E-state index is 10.1. The number of unbranched alkanes of at least 4 members (excludes halogenated alkanes) is 3. The largest absolute Gasteiger partial charge is 0.466 e. The van der Waals surface area contributed by atoms with Crippen molar-refractivity contribution >= 4 is 5.97 Å². The van der Waals surface area contributed by atoms with Gasteiger partial charge in [-0.15, -0.1) is 0 Å². The zero-order valence-electron chi connectivity index (χ0n) is 6.56.